The van der Waals surface area contributed by atoms with Crippen LogP contribution in [0.1, 0.15) is 24.8 Å². The van der Waals surface area contributed by atoms with Gasteiger partial charge in [-0.2, -0.15) is 0 Å². The van der Waals surface area contributed by atoms with Crippen molar-refractivity contribution in [1.29, 1.82) is 0 Å². The van der Waals surface area contributed by atoms with Crippen LogP contribution in [0.2, 0.25) is 0 Å². The number of rotatable bonds is 4. The van der Waals surface area contributed by atoms with Crippen molar-refractivity contribution in [2.24, 2.45) is 0 Å². The average molecular weight is 292 g/mol. The third-order valence-electron chi connectivity index (χ3n) is 3.50. The highest BCUT2D eigenvalue weighted by atomic mass is 16.7. The van der Waals surface area contributed by atoms with E-state index in [1.54, 1.807) is 14.2 Å². The lowest BCUT2D eigenvalue weighted by Crippen LogP contribution is -2.22. The van der Waals surface area contributed by atoms with Crippen LogP contribution in [0.15, 0.2) is 24.3 Å². The molecule has 0 radical (unpaired) electrons. The maximum atomic E-state index is 11.4. The lowest BCUT2D eigenvalue weighted by Gasteiger charge is -2.24. The molecular formula is C16H20O5. The Hall–Kier alpha value is -2.17. The van der Waals surface area contributed by atoms with E-state index in [-0.39, 0.29) is 6.10 Å². The highest BCUT2D eigenvalue weighted by Gasteiger charge is 2.24. The van der Waals surface area contributed by atoms with E-state index in [0.717, 1.165) is 30.4 Å². The molecule has 5 nitrogen and oxygen atoms in total. The molecule has 0 saturated heterocycles. The van der Waals surface area contributed by atoms with Crippen LogP contribution in [0.4, 0.5) is 4.79 Å². The monoisotopic (exact) mass is 292 g/mol. The van der Waals surface area contributed by atoms with Crippen molar-refractivity contribution in [3.63, 3.8) is 0 Å². The minimum Gasteiger partial charge on any atom is -0.493 e. The molecule has 0 heterocycles. The first kappa shape index (κ1) is 15.2. The molecule has 0 unspecified atom stereocenters. The Bertz CT molecular complexity index is 535. The number of carbonyl (C=O) groups is 1. The highest BCUT2D eigenvalue weighted by Crippen LogP contribution is 2.35. The average Bonchev–Trinajstić information content (AvgIpc) is 2.54. The predicted octanol–water partition coefficient (Wildman–Crippen LogP) is 3.42. The van der Waals surface area contributed by atoms with Crippen LogP contribution in [0, 0.1) is 0 Å². The lowest BCUT2D eigenvalue weighted by molar-refractivity contribution is 0.0514. The van der Waals surface area contributed by atoms with Gasteiger partial charge in [0.1, 0.15) is 6.10 Å². The normalized spacial score (nSPS) is 17.7. The summed E-state index contributed by atoms with van der Waals surface area (Å²) >= 11 is 0. The topological polar surface area (TPSA) is 54.0 Å². The van der Waals surface area contributed by atoms with Gasteiger partial charge < -0.3 is 18.9 Å². The van der Waals surface area contributed by atoms with Crippen molar-refractivity contribution in [2.45, 2.75) is 25.4 Å². The minimum atomic E-state index is -0.659. The molecule has 1 aliphatic rings. The maximum Gasteiger partial charge on any atom is 0.508 e. The molecule has 0 N–H and O–H groups in total. The van der Waals surface area contributed by atoms with Crippen LogP contribution in [0.25, 0.3) is 5.57 Å². The zero-order valence-electron chi connectivity index (χ0n) is 12.5. The number of hydrogen-bond donors (Lipinski definition) is 0. The van der Waals surface area contributed by atoms with Crippen LogP contribution < -0.4 is 9.47 Å². The van der Waals surface area contributed by atoms with Crippen LogP contribution in [-0.2, 0) is 9.47 Å². The molecule has 0 aromatic heterocycles. The predicted molar refractivity (Wildman–Crippen MR) is 78.7 cm³/mol. The Labute approximate surface area is 124 Å². The third-order valence-corrected chi connectivity index (χ3v) is 3.50. The first-order valence-corrected chi connectivity index (χ1v) is 6.86. The van der Waals surface area contributed by atoms with Crippen LogP contribution >= 0.6 is 0 Å². The van der Waals surface area contributed by atoms with E-state index in [2.05, 4.69) is 10.8 Å². The molecule has 0 spiro atoms. The molecule has 114 valence electrons. The fraction of sp³-hybridized carbons (Fsp3) is 0.438. The van der Waals surface area contributed by atoms with Crippen molar-refractivity contribution in [2.75, 3.05) is 21.3 Å². The fourth-order valence-corrected chi connectivity index (χ4v) is 2.45. The van der Waals surface area contributed by atoms with Crippen molar-refractivity contribution >= 4 is 11.7 Å². The second-order valence-corrected chi connectivity index (χ2v) is 4.72. The Morgan fingerprint density at radius 1 is 1.14 bits per heavy atom. The highest BCUT2D eigenvalue weighted by molar-refractivity contribution is 5.74. The summed E-state index contributed by atoms with van der Waals surface area (Å²) in [4.78, 5) is 11.4. The first-order valence-electron chi connectivity index (χ1n) is 6.86. The van der Waals surface area contributed by atoms with Gasteiger partial charge in [-0.3, -0.25) is 0 Å². The second-order valence-electron chi connectivity index (χ2n) is 4.72. The molecule has 1 aliphatic carbocycles. The largest absolute Gasteiger partial charge is 0.508 e. The van der Waals surface area contributed by atoms with Gasteiger partial charge in [0.2, 0.25) is 0 Å². The summed E-state index contributed by atoms with van der Waals surface area (Å²) in [6.45, 7) is 0. The van der Waals surface area contributed by atoms with E-state index in [9.17, 15) is 4.79 Å². The van der Waals surface area contributed by atoms with E-state index in [1.807, 2.05) is 18.2 Å². The molecule has 1 atom stereocenters. The van der Waals surface area contributed by atoms with E-state index in [4.69, 9.17) is 14.2 Å². The molecule has 1 aromatic rings. The Morgan fingerprint density at radius 2 is 1.90 bits per heavy atom. The summed E-state index contributed by atoms with van der Waals surface area (Å²) in [5.41, 5.74) is 1.94. The molecule has 1 aromatic carbocycles. The number of methoxy groups -OCH3 is 3. The van der Waals surface area contributed by atoms with Gasteiger partial charge in [-0.25, -0.2) is 4.79 Å². The molecule has 5 heteroatoms. The van der Waals surface area contributed by atoms with Gasteiger partial charge in [-0.05, 0) is 42.5 Å². The summed E-state index contributed by atoms with van der Waals surface area (Å²) in [6, 6.07) is 5.68. The van der Waals surface area contributed by atoms with E-state index >= 15 is 0 Å². The number of benzene rings is 1. The third kappa shape index (κ3) is 3.48. The SMILES string of the molecule is COC(=O)O[C@@H]1CCCC=C1c1ccc(OC)c(OC)c1. The molecule has 0 amide bonds. The van der Waals surface area contributed by atoms with E-state index < -0.39 is 6.16 Å². The van der Waals surface area contributed by atoms with Crippen molar-refractivity contribution in [1.82, 2.24) is 0 Å². The molecule has 0 aliphatic heterocycles. The molecule has 0 bridgehead atoms. The van der Waals surface area contributed by atoms with Crippen LogP contribution in [0.3, 0.4) is 0 Å². The van der Waals surface area contributed by atoms with Gasteiger partial charge in [0.15, 0.2) is 11.5 Å². The Morgan fingerprint density at radius 3 is 2.57 bits per heavy atom. The van der Waals surface area contributed by atoms with Gasteiger partial charge in [0.05, 0.1) is 21.3 Å². The van der Waals surface area contributed by atoms with E-state index in [0.29, 0.717) is 11.5 Å². The quantitative estimate of drug-likeness (QED) is 0.796. The number of carbonyl (C=O) groups excluding carboxylic acids is 1. The van der Waals surface area contributed by atoms with Gasteiger partial charge in [-0.15, -0.1) is 0 Å². The van der Waals surface area contributed by atoms with Crippen molar-refractivity contribution < 1.29 is 23.7 Å². The number of ether oxygens (including phenoxy) is 4. The van der Waals surface area contributed by atoms with E-state index in [1.165, 1.54) is 7.11 Å². The summed E-state index contributed by atoms with van der Waals surface area (Å²) < 4.78 is 20.5. The number of allylic oxidation sites excluding steroid dienone is 1. The Kier molecular flexibility index (Phi) is 5.09. The summed E-state index contributed by atoms with van der Waals surface area (Å²) in [7, 11) is 4.50. The zero-order valence-corrected chi connectivity index (χ0v) is 12.5. The molecule has 0 saturated carbocycles. The van der Waals surface area contributed by atoms with Crippen molar-refractivity contribution in [3.05, 3.63) is 29.8 Å². The molecular weight excluding hydrogens is 272 g/mol. The number of hydrogen-bond acceptors (Lipinski definition) is 5. The van der Waals surface area contributed by atoms with Gasteiger partial charge in [0, 0.05) is 0 Å². The zero-order chi connectivity index (χ0) is 15.2. The first-order chi connectivity index (χ1) is 10.2. The van der Waals surface area contributed by atoms with Crippen LogP contribution in [-0.4, -0.2) is 33.6 Å². The smallest absolute Gasteiger partial charge is 0.493 e. The summed E-state index contributed by atoms with van der Waals surface area (Å²) in [5.74, 6) is 1.32. The standard InChI is InChI=1S/C16H20O5/c1-18-14-9-8-11(10-15(14)19-2)12-6-4-5-7-13(12)21-16(17)20-3/h6,8-10,13H,4-5,7H2,1-3H3/t13-/m1/s1. The lowest BCUT2D eigenvalue weighted by atomic mass is 9.91. The summed E-state index contributed by atoms with van der Waals surface area (Å²) in [6.07, 6.45) is 3.88. The fourth-order valence-electron chi connectivity index (χ4n) is 2.45. The van der Waals surface area contributed by atoms with Crippen LogP contribution in [0.5, 0.6) is 11.5 Å². The maximum absolute atomic E-state index is 11.4. The Balaban J connectivity index is 2.29. The molecule has 0 fully saturated rings. The molecule has 2 rings (SSSR count). The second kappa shape index (κ2) is 7.02. The van der Waals surface area contributed by atoms with Crippen molar-refractivity contribution in [3.8, 4) is 11.5 Å². The van der Waals surface area contributed by atoms with Gasteiger partial charge in [-0.1, -0.05) is 12.1 Å². The minimum absolute atomic E-state index is 0.288. The van der Waals surface area contributed by atoms with Gasteiger partial charge >= 0.3 is 6.16 Å². The molecule has 21 heavy (non-hydrogen) atoms. The van der Waals surface area contributed by atoms with Gasteiger partial charge in [0.25, 0.3) is 0 Å². The summed E-state index contributed by atoms with van der Waals surface area (Å²) in [5, 5.41) is 0.